The van der Waals surface area contributed by atoms with Crippen molar-refractivity contribution in [2.45, 2.75) is 18.2 Å². The van der Waals surface area contributed by atoms with Crippen molar-refractivity contribution in [3.63, 3.8) is 0 Å². The maximum Gasteiger partial charge on any atom is 0.338 e. The number of fused-ring (bicyclic) bond motifs is 1. The van der Waals surface area contributed by atoms with Gasteiger partial charge in [0.25, 0.3) is 15.7 Å². The fraction of sp³-hybridized carbons (Fsp3) is 0.158. The molecule has 0 radical (unpaired) electrons. The van der Waals surface area contributed by atoms with Crippen molar-refractivity contribution in [2.24, 2.45) is 0 Å². The molecular formula is C19H17N3O6S. The summed E-state index contributed by atoms with van der Waals surface area (Å²) >= 11 is 0. The summed E-state index contributed by atoms with van der Waals surface area (Å²) in [7, 11) is -3.99. The molecule has 10 heteroatoms. The molecule has 3 aromatic rings. The summed E-state index contributed by atoms with van der Waals surface area (Å²) < 4.78 is 32.9. The molecule has 0 bridgehead atoms. The number of nitro groups is 1. The Morgan fingerprint density at radius 1 is 1.14 bits per heavy atom. The normalized spacial score (nSPS) is 11.2. The Hall–Kier alpha value is -3.53. The molecule has 1 heterocycles. The van der Waals surface area contributed by atoms with Gasteiger partial charge >= 0.3 is 5.97 Å². The second-order valence-electron chi connectivity index (χ2n) is 6.08. The molecule has 0 aliphatic carbocycles. The van der Waals surface area contributed by atoms with Crippen LogP contribution in [0.3, 0.4) is 0 Å². The molecule has 0 atom stereocenters. The first-order chi connectivity index (χ1) is 13.8. The number of aromatic nitrogens is 1. The highest BCUT2D eigenvalue weighted by Gasteiger charge is 2.20. The number of esters is 1. The van der Waals surface area contributed by atoms with Gasteiger partial charge in [-0.25, -0.2) is 13.2 Å². The summed E-state index contributed by atoms with van der Waals surface area (Å²) in [6, 6.07) is 9.35. The predicted octanol–water partition coefficient (Wildman–Crippen LogP) is 3.51. The first-order valence-corrected chi connectivity index (χ1v) is 10.1. The Labute approximate surface area is 166 Å². The fourth-order valence-electron chi connectivity index (χ4n) is 2.68. The molecule has 0 amide bonds. The Bertz CT molecular complexity index is 1180. The second-order valence-corrected chi connectivity index (χ2v) is 7.76. The van der Waals surface area contributed by atoms with Crippen molar-refractivity contribution in [2.75, 3.05) is 11.3 Å². The molecular weight excluding hydrogens is 398 g/mol. The van der Waals surface area contributed by atoms with Crippen LogP contribution < -0.4 is 4.72 Å². The van der Waals surface area contributed by atoms with Crippen molar-refractivity contribution >= 4 is 38.1 Å². The predicted molar refractivity (Wildman–Crippen MR) is 106 cm³/mol. The second kappa shape index (κ2) is 8.23. The highest BCUT2D eigenvalue weighted by Crippen LogP contribution is 2.32. The number of hydrogen-bond donors (Lipinski definition) is 1. The monoisotopic (exact) mass is 415 g/mol. The van der Waals surface area contributed by atoms with Gasteiger partial charge in [0.05, 0.1) is 33.1 Å². The van der Waals surface area contributed by atoms with E-state index >= 15 is 0 Å². The first-order valence-electron chi connectivity index (χ1n) is 8.64. The molecule has 2 aromatic carbocycles. The lowest BCUT2D eigenvalue weighted by Crippen LogP contribution is -2.14. The fourth-order valence-corrected chi connectivity index (χ4v) is 3.76. The van der Waals surface area contributed by atoms with Crippen LogP contribution in [0.1, 0.15) is 23.7 Å². The Morgan fingerprint density at radius 2 is 1.86 bits per heavy atom. The van der Waals surface area contributed by atoms with E-state index in [0.29, 0.717) is 11.8 Å². The number of benzene rings is 2. The number of carbonyl (C=O) groups excluding carboxylic acids is 1. The van der Waals surface area contributed by atoms with Crippen LogP contribution in [0.2, 0.25) is 0 Å². The van der Waals surface area contributed by atoms with E-state index in [9.17, 15) is 23.3 Å². The molecule has 0 aliphatic heterocycles. The zero-order chi connectivity index (χ0) is 21.0. The summed E-state index contributed by atoms with van der Waals surface area (Å²) in [5.41, 5.74) is 0.245. The van der Waals surface area contributed by atoms with Crippen LogP contribution in [0.25, 0.3) is 10.8 Å². The number of anilines is 1. The third-order valence-electron chi connectivity index (χ3n) is 4.07. The largest absolute Gasteiger partial charge is 0.462 e. The molecule has 29 heavy (non-hydrogen) atoms. The minimum atomic E-state index is -3.99. The van der Waals surface area contributed by atoms with E-state index in [-0.39, 0.29) is 33.8 Å². The number of non-ortho nitro benzene ring substituents is 1. The van der Waals surface area contributed by atoms with Gasteiger partial charge in [-0.1, -0.05) is 6.92 Å². The van der Waals surface area contributed by atoms with Crippen LogP contribution in [0.5, 0.6) is 0 Å². The number of nitrogens with one attached hydrogen (secondary N) is 1. The van der Waals surface area contributed by atoms with Gasteiger partial charge in [0.15, 0.2) is 0 Å². The van der Waals surface area contributed by atoms with Crippen molar-refractivity contribution in [3.05, 3.63) is 70.5 Å². The molecule has 0 fully saturated rings. The number of pyridine rings is 1. The van der Waals surface area contributed by atoms with Crippen LogP contribution in [0, 0.1) is 10.1 Å². The average molecular weight is 415 g/mol. The molecule has 0 unspecified atom stereocenters. The Balaban J connectivity index is 1.91. The van der Waals surface area contributed by atoms with E-state index in [2.05, 4.69) is 9.71 Å². The van der Waals surface area contributed by atoms with E-state index in [4.69, 9.17) is 4.74 Å². The molecule has 3 rings (SSSR count). The number of nitro benzene ring substituents is 1. The van der Waals surface area contributed by atoms with Gasteiger partial charge in [-0.2, -0.15) is 0 Å². The lowest BCUT2D eigenvalue weighted by Gasteiger charge is -2.11. The minimum Gasteiger partial charge on any atom is -0.462 e. The summed E-state index contributed by atoms with van der Waals surface area (Å²) in [4.78, 5) is 26.3. The van der Waals surface area contributed by atoms with Gasteiger partial charge in [0, 0.05) is 23.8 Å². The van der Waals surface area contributed by atoms with E-state index < -0.39 is 20.9 Å². The lowest BCUT2D eigenvalue weighted by molar-refractivity contribution is -0.383. The first kappa shape index (κ1) is 20.2. The zero-order valence-electron chi connectivity index (χ0n) is 15.4. The van der Waals surface area contributed by atoms with Gasteiger partial charge in [-0.3, -0.25) is 19.8 Å². The van der Waals surface area contributed by atoms with E-state index in [1.54, 1.807) is 0 Å². The maximum atomic E-state index is 12.7. The van der Waals surface area contributed by atoms with Gasteiger partial charge < -0.3 is 4.74 Å². The number of ether oxygens (including phenoxy) is 1. The topological polar surface area (TPSA) is 128 Å². The number of rotatable bonds is 7. The number of nitrogens with zero attached hydrogens (tertiary/aromatic N) is 2. The number of carbonyl (C=O) groups is 1. The van der Waals surface area contributed by atoms with Gasteiger partial charge in [0.2, 0.25) is 0 Å². The van der Waals surface area contributed by atoms with Crippen LogP contribution >= 0.6 is 0 Å². The van der Waals surface area contributed by atoms with Crippen LogP contribution in [0.4, 0.5) is 11.4 Å². The van der Waals surface area contributed by atoms with Gasteiger partial charge in [-0.15, -0.1) is 0 Å². The highest BCUT2D eigenvalue weighted by atomic mass is 32.2. The third-order valence-corrected chi connectivity index (χ3v) is 5.46. The van der Waals surface area contributed by atoms with E-state index in [1.165, 1.54) is 54.9 Å². The lowest BCUT2D eigenvalue weighted by atomic mass is 10.1. The van der Waals surface area contributed by atoms with Gasteiger partial charge in [0.1, 0.15) is 0 Å². The molecule has 1 N–H and O–H groups in total. The SMILES string of the molecule is CCCOC(=O)c1ccc(S(=O)(=O)Nc2ccc([N+](=O)[O-])c3cnccc23)cc1. The van der Waals surface area contributed by atoms with Crippen molar-refractivity contribution in [3.8, 4) is 0 Å². The summed E-state index contributed by atoms with van der Waals surface area (Å²) in [6.45, 7) is 2.15. The quantitative estimate of drug-likeness (QED) is 0.355. The van der Waals surface area contributed by atoms with Gasteiger partial charge in [-0.05, 0) is 42.8 Å². The highest BCUT2D eigenvalue weighted by molar-refractivity contribution is 7.92. The van der Waals surface area contributed by atoms with Crippen molar-refractivity contribution in [1.29, 1.82) is 0 Å². The van der Waals surface area contributed by atoms with E-state index in [1.807, 2.05) is 6.92 Å². The minimum absolute atomic E-state index is 0.0647. The molecule has 9 nitrogen and oxygen atoms in total. The molecule has 0 saturated heterocycles. The maximum absolute atomic E-state index is 12.7. The molecule has 0 saturated carbocycles. The van der Waals surface area contributed by atoms with Crippen LogP contribution in [-0.2, 0) is 14.8 Å². The molecule has 0 spiro atoms. The summed E-state index contributed by atoms with van der Waals surface area (Å²) in [5.74, 6) is -0.530. The van der Waals surface area contributed by atoms with Crippen molar-refractivity contribution < 1.29 is 22.9 Å². The number of sulfonamides is 1. The third kappa shape index (κ3) is 4.32. The van der Waals surface area contributed by atoms with Crippen LogP contribution in [-0.4, -0.2) is 30.9 Å². The van der Waals surface area contributed by atoms with E-state index in [0.717, 1.165) is 0 Å². The Morgan fingerprint density at radius 3 is 2.52 bits per heavy atom. The molecule has 150 valence electrons. The standard InChI is InChI=1S/C19H17N3O6S/c1-2-11-28-19(23)13-3-5-14(6-4-13)29(26,27)21-17-7-8-18(22(24)25)16-12-20-10-9-15(16)17/h3-10,12,21H,2,11H2,1H3. The van der Waals surface area contributed by atoms with Crippen molar-refractivity contribution in [1.82, 2.24) is 4.98 Å². The number of hydrogen-bond acceptors (Lipinski definition) is 7. The molecule has 1 aromatic heterocycles. The smallest absolute Gasteiger partial charge is 0.338 e. The summed E-state index contributed by atoms with van der Waals surface area (Å²) in [6.07, 6.45) is 3.41. The average Bonchev–Trinajstić information content (AvgIpc) is 2.72. The molecule has 0 aliphatic rings. The van der Waals surface area contributed by atoms with Crippen LogP contribution in [0.15, 0.2) is 59.8 Å². The summed E-state index contributed by atoms with van der Waals surface area (Å²) in [5, 5.41) is 11.7. The zero-order valence-corrected chi connectivity index (χ0v) is 16.2. The Kier molecular flexibility index (Phi) is 5.74.